The van der Waals surface area contributed by atoms with Crippen LogP contribution in [-0.2, 0) is 14.7 Å². The van der Waals surface area contributed by atoms with Crippen molar-refractivity contribution >= 4 is 9.84 Å². The molecule has 1 aromatic carbocycles. The van der Waals surface area contributed by atoms with Crippen LogP contribution in [0.1, 0.15) is 0 Å². The number of para-hydroxylation sites is 1. The number of aromatic hydroxyl groups is 2. The van der Waals surface area contributed by atoms with Gasteiger partial charge in [-0.1, -0.05) is 6.07 Å². The number of sulfone groups is 1. The summed E-state index contributed by atoms with van der Waals surface area (Å²) < 4.78 is 22.7. The van der Waals surface area contributed by atoms with Crippen LogP contribution in [0, 0.1) is 0 Å². The Labute approximate surface area is 80.4 Å². The van der Waals surface area contributed by atoms with Gasteiger partial charge in [-0.15, -0.1) is 0 Å². The number of hydrogen-bond acceptors (Lipinski definition) is 6. The Morgan fingerprint density at radius 2 is 2.00 bits per heavy atom. The van der Waals surface area contributed by atoms with Crippen molar-refractivity contribution < 1.29 is 23.5 Å². The second-order valence-corrected chi connectivity index (χ2v) is 4.43. The van der Waals surface area contributed by atoms with E-state index in [9.17, 15) is 13.5 Å². The number of phenols is 2. The smallest absolute Gasteiger partial charge is 0.208 e. The van der Waals surface area contributed by atoms with Crippen molar-refractivity contribution in [1.29, 1.82) is 0 Å². The van der Waals surface area contributed by atoms with Crippen LogP contribution in [0.5, 0.6) is 11.5 Å². The van der Waals surface area contributed by atoms with Gasteiger partial charge in [-0.05, 0) is 12.1 Å². The normalized spacial score (nSPS) is 11.5. The lowest BCUT2D eigenvalue weighted by molar-refractivity contribution is 0.183. The number of rotatable bonds is 3. The molecule has 0 aliphatic heterocycles. The van der Waals surface area contributed by atoms with Crippen molar-refractivity contribution in [2.45, 2.75) is 4.90 Å². The number of nitrogens with two attached hydrogens (primary N) is 1. The van der Waals surface area contributed by atoms with E-state index in [1.165, 1.54) is 6.07 Å². The minimum atomic E-state index is -3.82. The molecule has 4 N–H and O–H groups in total. The second-order valence-electron chi connectivity index (χ2n) is 2.52. The standard InChI is InChI=1S/C7H9NO5S/c8-13-4-14(11,12)6-3-1-2-5(9)7(6)10/h1-3,9-10H,4,8H2. The molecule has 0 saturated heterocycles. The molecule has 7 heteroatoms. The minimum Gasteiger partial charge on any atom is -0.504 e. The monoisotopic (exact) mass is 219 g/mol. The van der Waals surface area contributed by atoms with E-state index in [1.807, 2.05) is 0 Å². The lowest BCUT2D eigenvalue weighted by Crippen LogP contribution is -2.13. The highest BCUT2D eigenvalue weighted by molar-refractivity contribution is 7.91. The minimum absolute atomic E-state index is 0.414. The van der Waals surface area contributed by atoms with E-state index in [-0.39, 0.29) is 0 Å². The van der Waals surface area contributed by atoms with Gasteiger partial charge in [0.2, 0.25) is 9.84 Å². The van der Waals surface area contributed by atoms with Gasteiger partial charge in [-0.2, -0.15) is 0 Å². The van der Waals surface area contributed by atoms with Crippen molar-refractivity contribution in [2.24, 2.45) is 5.90 Å². The van der Waals surface area contributed by atoms with Crippen LogP contribution in [0.15, 0.2) is 23.1 Å². The summed E-state index contributed by atoms with van der Waals surface area (Å²) >= 11 is 0. The van der Waals surface area contributed by atoms with E-state index in [4.69, 9.17) is 5.11 Å². The summed E-state index contributed by atoms with van der Waals surface area (Å²) in [5.74, 6) is 2.64. The summed E-state index contributed by atoms with van der Waals surface area (Å²) in [7, 11) is -3.82. The molecule has 0 spiro atoms. The fourth-order valence-corrected chi connectivity index (χ4v) is 1.91. The van der Waals surface area contributed by atoms with Crippen LogP contribution >= 0.6 is 0 Å². The van der Waals surface area contributed by atoms with E-state index in [2.05, 4.69) is 10.7 Å². The van der Waals surface area contributed by atoms with Crippen LogP contribution in [0.3, 0.4) is 0 Å². The third kappa shape index (κ3) is 1.95. The number of phenolic OH excluding ortho intramolecular Hbond substituents is 2. The van der Waals surface area contributed by atoms with Crippen molar-refractivity contribution in [3.63, 3.8) is 0 Å². The highest BCUT2D eigenvalue weighted by Gasteiger charge is 2.20. The molecule has 0 amide bonds. The molecule has 0 aromatic heterocycles. The fourth-order valence-electron chi connectivity index (χ4n) is 0.915. The van der Waals surface area contributed by atoms with Gasteiger partial charge in [-0.3, -0.25) is 4.84 Å². The maximum absolute atomic E-state index is 11.3. The van der Waals surface area contributed by atoms with Crippen molar-refractivity contribution in [1.82, 2.24) is 0 Å². The van der Waals surface area contributed by atoms with Gasteiger partial charge in [0.25, 0.3) is 0 Å². The van der Waals surface area contributed by atoms with Crippen molar-refractivity contribution in [2.75, 3.05) is 5.94 Å². The van der Waals surface area contributed by atoms with Crippen LogP contribution in [0.2, 0.25) is 0 Å². The summed E-state index contributed by atoms with van der Waals surface area (Å²) in [6.07, 6.45) is 0. The molecule has 1 rings (SSSR count). The van der Waals surface area contributed by atoms with Gasteiger partial charge in [0.15, 0.2) is 17.4 Å². The Bertz CT molecular complexity index is 428. The Hall–Kier alpha value is -1.31. The molecule has 14 heavy (non-hydrogen) atoms. The SMILES string of the molecule is NOCS(=O)(=O)c1cccc(O)c1O. The first-order valence-corrected chi connectivity index (χ1v) is 5.19. The number of hydrogen-bond donors (Lipinski definition) is 3. The van der Waals surface area contributed by atoms with Crippen LogP contribution in [0.25, 0.3) is 0 Å². The number of benzene rings is 1. The molecule has 0 radical (unpaired) electrons. The Morgan fingerprint density at radius 1 is 1.36 bits per heavy atom. The average molecular weight is 219 g/mol. The van der Waals surface area contributed by atoms with Crippen molar-refractivity contribution in [3.8, 4) is 11.5 Å². The maximum Gasteiger partial charge on any atom is 0.208 e. The fraction of sp³-hybridized carbons (Fsp3) is 0.143. The Morgan fingerprint density at radius 3 is 2.57 bits per heavy atom. The van der Waals surface area contributed by atoms with Gasteiger partial charge in [-0.25, -0.2) is 14.3 Å². The summed E-state index contributed by atoms with van der Waals surface area (Å²) in [6.45, 7) is 0. The predicted octanol–water partition coefficient (Wildman–Crippen LogP) is -0.281. The largest absolute Gasteiger partial charge is 0.504 e. The molecule has 0 aliphatic carbocycles. The summed E-state index contributed by atoms with van der Waals surface area (Å²) in [5.41, 5.74) is 0. The van der Waals surface area contributed by atoms with Gasteiger partial charge < -0.3 is 10.2 Å². The van der Waals surface area contributed by atoms with Gasteiger partial charge in [0, 0.05) is 0 Å². The lowest BCUT2D eigenvalue weighted by Gasteiger charge is -2.05. The van der Waals surface area contributed by atoms with Crippen LogP contribution in [-0.4, -0.2) is 24.6 Å². The molecule has 0 heterocycles. The van der Waals surface area contributed by atoms with E-state index in [1.54, 1.807) is 0 Å². The topological polar surface area (TPSA) is 110 Å². The molecule has 0 unspecified atom stereocenters. The average Bonchev–Trinajstić information content (AvgIpc) is 2.09. The molecule has 0 aliphatic rings. The third-order valence-corrected chi connectivity index (χ3v) is 2.98. The van der Waals surface area contributed by atoms with Gasteiger partial charge in [0.05, 0.1) is 0 Å². The molecule has 0 bridgehead atoms. The third-order valence-electron chi connectivity index (χ3n) is 1.54. The van der Waals surface area contributed by atoms with Gasteiger partial charge in [0.1, 0.15) is 4.90 Å². The molecular weight excluding hydrogens is 210 g/mol. The summed E-state index contributed by atoms with van der Waals surface area (Å²) in [4.78, 5) is 3.56. The summed E-state index contributed by atoms with van der Waals surface area (Å²) in [5, 5.41) is 18.3. The van der Waals surface area contributed by atoms with E-state index in [0.29, 0.717) is 0 Å². The first kappa shape index (κ1) is 10.8. The van der Waals surface area contributed by atoms with E-state index in [0.717, 1.165) is 12.1 Å². The lowest BCUT2D eigenvalue weighted by atomic mass is 10.3. The first-order valence-electron chi connectivity index (χ1n) is 3.54. The Balaban J connectivity index is 3.27. The van der Waals surface area contributed by atoms with Crippen molar-refractivity contribution in [3.05, 3.63) is 18.2 Å². The molecule has 1 aromatic rings. The van der Waals surface area contributed by atoms with Crippen LogP contribution in [0.4, 0.5) is 0 Å². The Kier molecular flexibility index (Phi) is 2.94. The molecule has 0 fully saturated rings. The van der Waals surface area contributed by atoms with E-state index < -0.39 is 32.2 Å². The first-order chi connectivity index (χ1) is 6.49. The highest BCUT2D eigenvalue weighted by Crippen LogP contribution is 2.31. The summed E-state index contributed by atoms with van der Waals surface area (Å²) in [6, 6.07) is 3.60. The zero-order valence-electron chi connectivity index (χ0n) is 7.04. The molecule has 0 atom stereocenters. The second kappa shape index (κ2) is 3.82. The molecular formula is C7H9NO5S. The maximum atomic E-state index is 11.3. The van der Waals surface area contributed by atoms with E-state index >= 15 is 0 Å². The highest BCUT2D eigenvalue weighted by atomic mass is 32.2. The zero-order chi connectivity index (χ0) is 10.8. The molecule has 6 nitrogen and oxygen atoms in total. The molecule has 0 saturated carbocycles. The van der Waals surface area contributed by atoms with Crippen LogP contribution < -0.4 is 5.90 Å². The predicted molar refractivity (Wildman–Crippen MR) is 47.1 cm³/mol. The molecule has 78 valence electrons. The zero-order valence-corrected chi connectivity index (χ0v) is 7.86. The quantitative estimate of drug-likeness (QED) is 0.476. The van der Waals surface area contributed by atoms with Gasteiger partial charge >= 0.3 is 0 Å².